The molecular weight excluding hydrogens is 358 g/mol. The van der Waals surface area contributed by atoms with Crippen LogP contribution in [0.4, 0.5) is 5.13 Å². The molecule has 0 aliphatic heterocycles. The number of ether oxygens (including phenoxy) is 1. The fourth-order valence-electron chi connectivity index (χ4n) is 3.42. The molecule has 1 aliphatic rings. The first kappa shape index (κ1) is 19.8. The fourth-order valence-corrected chi connectivity index (χ4v) is 4.15. The second-order valence-corrected chi connectivity index (χ2v) is 8.30. The molecule has 5 nitrogen and oxygen atoms in total. The SMILES string of the molecule is CN(C)CCOc1ccccc1-c1csc(NC(=O)CC2CCCCC2)n1. The summed E-state index contributed by atoms with van der Waals surface area (Å²) in [5.41, 5.74) is 1.80. The van der Waals surface area contributed by atoms with Gasteiger partial charge in [0, 0.05) is 23.9 Å². The van der Waals surface area contributed by atoms with Gasteiger partial charge in [0.25, 0.3) is 0 Å². The van der Waals surface area contributed by atoms with Crippen molar-refractivity contribution in [3.05, 3.63) is 29.6 Å². The summed E-state index contributed by atoms with van der Waals surface area (Å²) < 4.78 is 5.93. The number of hydrogen-bond acceptors (Lipinski definition) is 5. The van der Waals surface area contributed by atoms with E-state index >= 15 is 0 Å². The minimum Gasteiger partial charge on any atom is -0.492 e. The molecule has 0 bridgehead atoms. The van der Waals surface area contributed by atoms with Crippen LogP contribution in [0.25, 0.3) is 11.3 Å². The number of carbonyl (C=O) groups is 1. The van der Waals surface area contributed by atoms with Crippen LogP contribution in [0.15, 0.2) is 29.6 Å². The summed E-state index contributed by atoms with van der Waals surface area (Å²) >= 11 is 1.47. The van der Waals surface area contributed by atoms with E-state index in [0.29, 0.717) is 24.1 Å². The molecule has 27 heavy (non-hydrogen) atoms. The predicted octanol–water partition coefficient (Wildman–Crippen LogP) is 4.66. The lowest BCUT2D eigenvalue weighted by atomic mass is 9.87. The molecule has 6 heteroatoms. The topological polar surface area (TPSA) is 54.5 Å². The summed E-state index contributed by atoms with van der Waals surface area (Å²) in [6, 6.07) is 7.92. The molecule has 1 fully saturated rings. The maximum absolute atomic E-state index is 12.3. The number of para-hydroxylation sites is 1. The molecule has 1 saturated carbocycles. The van der Waals surface area contributed by atoms with Crippen molar-refractivity contribution in [2.24, 2.45) is 5.92 Å². The normalized spacial score (nSPS) is 15.1. The third-order valence-electron chi connectivity index (χ3n) is 4.91. The number of aromatic nitrogens is 1. The Balaban J connectivity index is 1.60. The van der Waals surface area contributed by atoms with Gasteiger partial charge >= 0.3 is 0 Å². The van der Waals surface area contributed by atoms with E-state index in [9.17, 15) is 4.79 Å². The number of nitrogens with one attached hydrogen (secondary N) is 1. The number of hydrogen-bond donors (Lipinski definition) is 1. The van der Waals surface area contributed by atoms with Crippen LogP contribution in [0.5, 0.6) is 5.75 Å². The second-order valence-electron chi connectivity index (χ2n) is 7.44. The van der Waals surface area contributed by atoms with Crippen LogP contribution in [0.2, 0.25) is 0 Å². The first-order valence-corrected chi connectivity index (χ1v) is 10.6. The van der Waals surface area contributed by atoms with E-state index in [1.807, 2.05) is 43.7 Å². The van der Waals surface area contributed by atoms with Crippen molar-refractivity contribution in [1.82, 2.24) is 9.88 Å². The third kappa shape index (κ3) is 6.04. The van der Waals surface area contributed by atoms with E-state index in [1.54, 1.807) is 0 Å². The number of amides is 1. The molecule has 0 unspecified atom stereocenters. The van der Waals surface area contributed by atoms with E-state index in [1.165, 1.54) is 43.4 Å². The molecule has 1 aromatic heterocycles. The van der Waals surface area contributed by atoms with Gasteiger partial charge in [-0.25, -0.2) is 4.98 Å². The zero-order valence-electron chi connectivity index (χ0n) is 16.2. The van der Waals surface area contributed by atoms with Gasteiger partial charge in [-0.3, -0.25) is 4.79 Å². The van der Waals surface area contributed by atoms with E-state index in [-0.39, 0.29) is 5.91 Å². The lowest BCUT2D eigenvalue weighted by Crippen LogP contribution is -2.19. The minimum atomic E-state index is 0.0818. The number of carbonyl (C=O) groups excluding carboxylic acids is 1. The van der Waals surface area contributed by atoms with Crippen molar-refractivity contribution >= 4 is 22.4 Å². The van der Waals surface area contributed by atoms with Crippen LogP contribution in [-0.4, -0.2) is 43.0 Å². The summed E-state index contributed by atoms with van der Waals surface area (Å²) in [6.45, 7) is 1.48. The molecular formula is C21H29N3O2S. The molecule has 1 amide bonds. The van der Waals surface area contributed by atoms with Crippen LogP contribution < -0.4 is 10.1 Å². The first-order valence-electron chi connectivity index (χ1n) is 9.74. The van der Waals surface area contributed by atoms with Gasteiger partial charge in [-0.15, -0.1) is 11.3 Å². The Morgan fingerprint density at radius 3 is 2.81 bits per heavy atom. The molecule has 0 atom stereocenters. The minimum absolute atomic E-state index is 0.0818. The highest BCUT2D eigenvalue weighted by Gasteiger charge is 2.18. The smallest absolute Gasteiger partial charge is 0.226 e. The number of thiazole rings is 1. The lowest BCUT2D eigenvalue weighted by molar-refractivity contribution is -0.117. The Bertz CT molecular complexity index is 739. The summed E-state index contributed by atoms with van der Waals surface area (Å²) in [5, 5.41) is 5.62. The molecule has 0 spiro atoms. The zero-order valence-corrected chi connectivity index (χ0v) is 17.1. The van der Waals surface area contributed by atoms with E-state index in [4.69, 9.17) is 4.74 Å². The maximum Gasteiger partial charge on any atom is 0.226 e. The Labute approximate surface area is 165 Å². The Hall–Kier alpha value is -1.92. The van der Waals surface area contributed by atoms with Gasteiger partial charge in [0.15, 0.2) is 5.13 Å². The number of anilines is 1. The van der Waals surface area contributed by atoms with E-state index in [0.717, 1.165) is 23.6 Å². The Kier molecular flexibility index (Phi) is 7.24. The molecule has 1 aromatic carbocycles. The van der Waals surface area contributed by atoms with Gasteiger partial charge in [0.1, 0.15) is 12.4 Å². The molecule has 1 N–H and O–H groups in total. The largest absolute Gasteiger partial charge is 0.492 e. The number of nitrogens with zero attached hydrogens (tertiary/aromatic N) is 2. The zero-order chi connectivity index (χ0) is 19.1. The van der Waals surface area contributed by atoms with Crippen molar-refractivity contribution in [1.29, 1.82) is 0 Å². The first-order chi connectivity index (χ1) is 13.1. The van der Waals surface area contributed by atoms with Crippen molar-refractivity contribution in [2.45, 2.75) is 38.5 Å². The van der Waals surface area contributed by atoms with E-state index in [2.05, 4.69) is 15.2 Å². The van der Waals surface area contributed by atoms with Crippen LogP contribution in [0.3, 0.4) is 0 Å². The lowest BCUT2D eigenvalue weighted by Gasteiger charge is -2.20. The molecule has 3 rings (SSSR count). The van der Waals surface area contributed by atoms with Gasteiger partial charge in [0.05, 0.1) is 5.69 Å². The van der Waals surface area contributed by atoms with Crippen LogP contribution in [-0.2, 0) is 4.79 Å². The summed E-state index contributed by atoms with van der Waals surface area (Å²) in [6.07, 6.45) is 6.78. The highest BCUT2D eigenvalue weighted by molar-refractivity contribution is 7.14. The van der Waals surface area contributed by atoms with Crippen LogP contribution >= 0.6 is 11.3 Å². The van der Waals surface area contributed by atoms with Crippen LogP contribution in [0.1, 0.15) is 38.5 Å². The van der Waals surface area contributed by atoms with Crippen molar-refractivity contribution < 1.29 is 9.53 Å². The Morgan fingerprint density at radius 1 is 1.26 bits per heavy atom. The monoisotopic (exact) mass is 387 g/mol. The van der Waals surface area contributed by atoms with Crippen molar-refractivity contribution in [3.8, 4) is 17.0 Å². The fraction of sp³-hybridized carbons (Fsp3) is 0.524. The van der Waals surface area contributed by atoms with Gasteiger partial charge < -0.3 is 15.0 Å². The quantitative estimate of drug-likeness (QED) is 0.716. The van der Waals surface area contributed by atoms with Gasteiger partial charge in [-0.1, -0.05) is 31.4 Å². The van der Waals surface area contributed by atoms with Gasteiger partial charge in [-0.05, 0) is 45.0 Å². The van der Waals surface area contributed by atoms with Gasteiger partial charge in [0.2, 0.25) is 5.91 Å². The van der Waals surface area contributed by atoms with E-state index < -0.39 is 0 Å². The highest BCUT2D eigenvalue weighted by Crippen LogP contribution is 2.32. The standard InChI is InChI=1S/C21H29N3O2S/c1-24(2)12-13-26-19-11-7-6-10-17(19)18-15-27-21(22-18)23-20(25)14-16-8-4-3-5-9-16/h6-7,10-11,15-16H,3-5,8-9,12-14H2,1-2H3,(H,22,23,25). The molecule has 1 aliphatic carbocycles. The predicted molar refractivity (Wildman–Crippen MR) is 111 cm³/mol. The average molecular weight is 388 g/mol. The summed E-state index contributed by atoms with van der Waals surface area (Å²) in [7, 11) is 4.05. The Morgan fingerprint density at radius 2 is 2.04 bits per heavy atom. The summed E-state index contributed by atoms with van der Waals surface area (Å²) in [4.78, 5) is 19.0. The number of likely N-dealkylation sites (N-methyl/N-ethyl adjacent to an activating group) is 1. The molecule has 146 valence electrons. The third-order valence-corrected chi connectivity index (χ3v) is 5.67. The highest BCUT2D eigenvalue weighted by atomic mass is 32.1. The molecule has 2 aromatic rings. The second kappa shape index (κ2) is 9.85. The molecule has 0 saturated heterocycles. The molecule has 0 radical (unpaired) electrons. The number of benzene rings is 1. The average Bonchev–Trinajstić information content (AvgIpc) is 3.11. The van der Waals surface area contributed by atoms with Crippen molar-refractivity contribution in [3.63, 3.8) is 0 Å². The van der Waals surface area contributed by atoms with Crippen LogP contribution in [0, 0.1) is 5.92 Å². The van der Waals surface area contributed by atoms with Crippen molar-refractivity contribution in [2.75, 3.05) is 32.6 Å². The van der Waals surface area contributed by atoms with Gasteiger partial charge in [-0.2, -0.15) is 0 Å². The molecule has 1 heterocycles. The maximum atomic E-state index is 12.3. The number of rotatable bonds is 8. The summed E-state index contributed by atoms with van der Waals surface area (Å²) in [5.74, 6) is 1.44.